The highest BCUT2D eigenvalue weighted by molar-refractivity contribution is 6.78. The summed E-state index contributed by atoms with van der Waals surface area (Å²) in [6.07, 6.45) is -2.92. The summed E-state index contributed by atoms with van der Waals surface area (Å²) in [5.41, 5.74) is -1.05. The number of hydrogen-bond donors (Lipinski definition) is 1. The van der Waals surface area contributed by atoms with Crippen LogP contribution in [0.3, 0.4) is 0 Å². The first-order chi connectivity index (χ1) is 17.0. The quantitative estimate of drug-likeness (QED) is 0.158. The molecule has 0 heterocycles. The van der Waals surface area contributed by atoms with Gasteiger partial charge in [-0.1, -0.05) is 61.5 Å². The van der Waals surface area contributed by atoms with Crippen LogP contribution in [0.25, 0.3) is 0 Å². The zero-order valence-corrected chi connectivity index (χ0v) is 24.7. The molecule has 0 radical (unpaired) electrons. The summed E-state index contributed by atoms with van der Waals surface area (Å²) in [6, 6.07) is 3.42. The van der Waals surface area contributed by atoms with E-state index in [2.05, 4.69) is 53.4 Å². The van der Waals surface area contributed by atoms with Crippen molar-refractivity contribution in [3.8, 4) is 5.75 Å². The first-order valence-electron chi connectivity index (χ1n) is 12.8. The number of carbonyl (C=O) groups is 2. The number of methoxy groups -OCH3 is 1. The number of nitrogens with one attached hydrogen (secondary N) is 1. The Morgan fingerprint density at radius 1 is 1.03 bits per heavy atom. The molecule has 1 unspecified atom stereocenters. The van der Waals surface area contributed by atoms with Crippen LogP contribution in [-0.4, -0.2) is 27.3 Å². The molecule has 0 bridgehead atoms. The van der Waals surface area contributed by atoms with Gasteiger partial charge in [-0.15, -0.1) is 6.58 Å². The number of ether oxygens (including phenoxy) is 1. The lowest BCUT2D eigenvalue weighted by molar-refractivity contribution is -0.158. The van der Waals surface area contributed by atoms with Crippen LogP contribution in [0.5, 0.6) is 5.75 Å². The van der Waals surface area contributed by atoms with Gasteiger partial charge in [0.2, 0.25) is 5.91 Å². The standard InChI is InChI=1S/C28H44F3NO4Si/c1-11-14-27(18(2)3,26(34)35-10)16-25(33)32-17-22-15-23(28(29,30)31)12-13-24(22)36-37(19(4)5,20(6)7)21(8)9/h11-13,15,18-21H,1,14,16-17H2,2-10H3,(H,32,33). The lowest BCUT2D eigenvalue weighted by Crippen LogP contribution is -2.51. The molecule has 1 aromatic carbocycles. The Balaban J connectivity index is 3.42. The van der Waals surface area contributed by atoms with E-state index in [1.54, 1.807) is 6.08 Å². The van der Waals surface area contributed by atoms with Crippen molar-refractivity contribution in [2.24, 2.45) is 11.3 Å². The van der Waals surface area contributed by atoms with Crippen LogP contribution in [0.2, 0.25) is 16.6 Å². The Labute approximate surface area is 221 Å². The van der Waals surface area contributed by atoms with Gasteiger partial charge in [0.05, 0.1) is 18.1 Å². The van der Waals surface area contributed by atoms with Crippen molar-refractivity contribution in [3.05, 3.63) is 42.0 Å². The molecule has 1 rings (SSSR count). The Hall–Kier alpha value is -2.29. The zero-order chi connectivity index (χ0) is 28.8. The predicted octanol–water partition coefficient (Wildman–Crippen LogP) is 7.66. The van der Waals surface area contributed by atoms with E-state index >= 15 is 0 Å². The van der Waals surface area contributed by atoms with E-state index in [0.29, 0.717) is 5.75 Å². The molecule has 0 fully saturated rings. The average molecular weight is 544 g/mol. The maximum absolute atomic E-state index is 13.6. The minimum Gasteiger partial charge on any atom is -0.542 e. The highest BCUT2D eigenvalue weighted by Crippen LogP contribution is 2.44. The molecule has 0 aliphatic rings. The molecular formula is C28H44F3NO4Si. The van der Waals surface area contributed by atoms with Crippen LogP contribution in [0.4, 0.5) is 13.2 Å². The van der Waals surface area contributed by atoms with Crippen molar-refractivity contribution in [1.82, 2.24) is 5.32 Å². The van der Waals surface area contributed by atoms with Crippen LogP contribution in [0.1, 0.15) is 79.4 Å². The SMILES string of the molecule is C=CCC(CC(=O)NCc1cc(C(F)(F)F)ccc1O[Si](C(C)C)(C(C)C)C(C)C)(C(=O)OC)C(C)C. The van der Waals surface area contributed by atoms with E-state index in [1.165, 1.54) is 13.2 Å². The second kappa shape index (κ2) is 13.0. The fraction of sp³-hybridized carbons (Fsp3) is 0.643. The van der Waals surface area contributed by atoms with Gasteiger partial charge in [0.25, 0.3) is 8.32 Å². The van der Waals surface area contributed by atoms with E-state index in [9.17, 15) is 22.8 Å². The van der Waals surface area contributed by atoms with E-state index in [-0.39, 0.29) is 47.5 Å². The molecule has 0 aliphatic carbocycles. The molecule has 0 saturated carbocycles. The molecule has 1 aromatic rings. The molecule has 1 amide bonds. The molecule has 5 nitrogen and oxygen atoms in total. The molecule has 37 heavy (non-hydrogen) atoms. The summed E-state index contributed by atoms with van der Waals surface area (Å²) >= 11 is 0. The summed E-state index contributed by atoms with van der Waals surface area (Å²) in [5, 5.41) is 2.73. The first kappa shape index (κ1) is 32.7. The minimum atomic E-state index is -4.54. The van der Waals surface area contributed by atoms with Gasteiger partial charge in [-0.3, -0.25) is 9.59 Å². The van der Waals surface area contributed by atoms with Gasteiger partial charge in [0.15, 0.2) is 0 Å². The second-order valence-electron chi connectivity index (χ2n) is 11.0. The highest BCUT2D eigenvalue weighted by atomic mass is 28.4. The molecule has 0 spiro atoms. The van der Waals surface area contributed by atoms with Crippen molar-refractivity contribution >= 4 is 20.2 Å². The Kier molecular flexibility index (Phi) is 11.5. The molecule has 0 aromatic heterocycles. The number of benzene rings is 1. The number of alkyl halides is 3. The summed E-state index contributed by atoms with van der Waals surface area (Å²) < 4.78 is 52.4. The smallest absolute Gasteiger partial charge is 0.416 e. The summed E-state index contributed by atoms with van der Waals surface area (Å²) in [4.78, 5) is 25.7. The monoisotopic (exact) mass is 543 g/mol. The number of hydrogen-bond acceptors (Lipinski definition) is 4. The molecule has 0 saturated heterocycles. The van der Waals surface area contributed by atoms with Gasteiger partial charge in [-0.2, -0.15) is 13.2 Å². The van der Waals surface area contributed by atoms with Crippen molar-refractivity contribution in [1.29, 1.82) is 0 Å². The van der Waals surface area contributed by atoms with E-state index in [0.717, 1.165) is 12.1 Å². The number of halogens is 3. The number of allylic oxidation sites excluding steroid dienone is 1. The number of esters is 1. The molecular weight excluding hydrogens is 499 g/mol. The fourth-order valence-corrected chi connectivity index (χ4v) is 10.7. The van der Waals surface area contributed by atoms with E-state index in [1.807, 2.05) is 13.8 Å². The zero-order valence-electron chi connectivity index (χ0n) is 23.7. The average Bonchev–Trinajstić information content (AvgIpc) is 2.78. The van der Waals surface area contributed by atoms with E-state index in [4.69, 9.17) is 9.16 Å². The number of carbonyl (C=O) groups excluding carboxylic acids is 2. The summed E-state index contributed by atoms with van der Waals surface area (Å²) in [5.74, 6) is -0.872. The largest absolute Gasteiger partial charge is 0.542 e. The van der Waals surface area contributed by atoms with Gasteiger partial charge in [0.1, 0.15) is 5.75 Å². The Morgan fingerprint density at radius 3 is 1.97 bits per heavy atom. The molecule has 0 aliphatic heterocycles. The van der Waals surface area contributed by atoms with Crippen LogP contribution >= 0.6 is 0 Å². The Morgan fingerprint density at radius 2 is 1.57 bits per heavy atom. The molecule has 1 atom stereocenters. The van der Waals surface area contributed by atoms with Crippen molar-refractivity contribution in [2.75, 3.05) is 7.11 Å². The van der Waals surface area contributed by atoms with Crippen molar-refractivity contribution in [3.63, 3.8) is 0 Å². The van der Waals surface area contributed by atoms with Crippen LogP contribution in [-0.2, 0) is 27.0 Å². The number of rotatable bonds is 13. The third kappa shape index (κ3) is 7.39. The predicted molar refractivity (Wildman–Crippen MR) is 144 cm³/mol. The van der Waals surface area contributed by atoms with Crippen LogP contribution in [0.15, 0.2) is 30.9 Å². The third-order valence-corrected chi connectivity index (χ3v) is 13.5. The summed E-state index contributed by atoms with van der Waals surface area (Å²) in [7, 11) is -1.20. The van der Waals surface area contributed by atoms with Crippen molar-refractivity contribution in [2.45, 2.75) is 97.6 Å². The fourth-order valence-electron chi connectivity index (χ4n) is 5.44. The maximum atomic E-state index is 13.6. The maximum Gasteiger partial charge on any atom is 0.416 e. The normalized spacial score (nSPS) is 14.2. The second-order valence-corrected chi connectivity index (χ2v) is 16.4. The lowest BCUT2D eigenvalue weighted by atomic mass is 9.71. The number of amides is 1. The van der Waals surface area contributed by atoms with Crippen LogP contribution in [0, 0.1) is 11.3 Å². The lowest BCUT2D eigenvalue weighted by Gasteiger charge is -2.42. The summed E-state index contributed by atoms with van der Waals surface area (Å²) in [6.45, 7) is 19.7. The van der Waals surface area contributed by atoms with E-state index < -0.39 is 37.3 Å². The molecule has 1 N–H and O–H groups in total. The molecule has 9 heteroatoms. The van der Waals surface area contributed by atoms with Gasteiger partial charge < -0.3 is 14.5 Å². The van der Waals surface area contributed by atoms with Gasteiger partial charge in [0, 0.05) is 18.5 Å². The molecule has 210 valence electrons. The van der Waals surface area contributed by atoms with Gasteiger partial charge in [-0.05, 0) is 47.2 Å². The van der Waals surface area contributed by atoms with Crippen molar-refractivity contribution < 1.29 is 31.9 Å². The van der Waals surface area contributed by atoms with Gasteiger partial charge >= 0.3 is 12.1 Å². The first-order valence-corrected chi connectivity index (χ1v) is 15.0. The topological polar surface area (TPSA) is 64.6 Å². The highest BCUT2D eigenvalue weighted by Gasteiger charge is 2.47. The Bertz CT molecular complexity index is 922. The minimum absolute atomic E-state index is 0.166. The van der Waals surface area contributed by atoms with Crippen LogP contribution < -0.4 is 9.74 Å². The third-order valence-electron chi connectivity index (χ3n) is 7.54. The van der Waals surface area contributed by atoms with Gasteiger partial charge in [-0.25, -0.2) is 0 Å².